The van der Waals surface area contributed by atoms with Crippen LogP contribution in [0.15, 0.2) is 21.8 Å². The van der Waals surface area contributed by atoms with Gasteiger partial charge in [0.1, 0.15) is 0 Å². The Hall–Kier alpha value is -1.12. The predicted molar refractivity (Wildman–Crippen MR) is 57.6 cm³/mol. The second-order valence-corrected chi connectivity index (χ2v) is 3.27. The van der Waals surface area contributed by atoms with Crippen molar-refractivity contribution in [2.24, 2.45) is 15.9 Å². The van der Waals surface area contributed by atoms with Gasteiger partial charge in [0.05, 0.1) is 0 Å². The van der Waals surface area contributed by atoms with Gasteiger partial charge < -0.3 is 5.32 Å². The fourth-order valence-corrected chi connectivity index (χ4v) is 1.07. The van der Waals surface area contributed by atoms with E-state index in [0.29, 0.717) is 0 Å². The first-order valence-corrected chi connectivity index (χ1v) is 4.64. The standard InChI is InChI=1S/C10H17N3/c1-11-5-10(6-12-2)8-13-7-9-3-4-9/h5-6,8-9,13H,3-4,7H2,1-2H3. The summed E-state index contributed by atoms with van der Waals surface area (Å²) in [5, 5.41) is 3.27. The molecular weight excluding hydrogens is 162 g/mol. The van der Waals surface area contributed by atoms with Gasteiger partial charge in [-0.2, -0.15) is 0 Å². The van der Waals surface area contributed by atoms with Crippen LogP contribution >= 0.6 is 0 Å². The molecule has 0 aromatic rings. The van der Waals surface area contributed by atoms with Crippen LogP contribution < -0.4 is 5.32 Å². The third-order valence-electron chi connectivity index (χ3n) is 1.93. The zero-order chi connectivity index (χ0) is 9.52. The maximum absolute atomic E-state index is 3.94. The Labute approximate surface area is 79.7 Å². The minimum Gasteiger partial charge on any atom is -0.390 e. The Morgan fingerprint density at radius 2 is 1.92 bits per heavy atom. The topological polar surface area (TPSA) is 36.8 Å². The molecule has 1 fully saturated rings. The highest BCUT2D eigenvalue weighted by Crippen LogP contribution is 2.27. The summed E-state index contributed by atoms with van der Waals surface area (Å²) in [6.07, 6.45) is 8.32. The molecule has 0 saturated heterocycles. The lowest BCUT2D eigenvalue weighted by molar-refractivity contribution is 0.747. The number of allylic oxidation sites excluding steroid dienone is 1. The molecule has 0 aromatic carbocycles. The summed E-state index contributed by atoms with van der Waals surface area (Å²) in [6, 6.07) is 0. The van der Waals surface area contributed by atoms with E-state index >= 15 is 0 Å². The fourth-order valence-electron chi connectivity index (χ4n) is 1.07. The van der Waals surface area contributed by atoms with E-state index in [1.807, 2.05) is 6.20 Å². The molecule has 0 radical (unpaired) electrons. The van der Waals surface area contributed by atoms with Crippen LogP contribution in [0.2, 0.25) is 0 Å². The van der Waals surface area contributed by atoms with Crippen molar-refractivity contribution in [2.75, 3.05) is 20.6 Å². The van der Waals surface area contributed by atoms with Gasteiger partial charge in [0, 0.05) is 44.8 Å². The van der Waals surface area contributed by atoms with E-state index in [-0.39, 0.29) is 0 Å². The van der Waals surface area contributed by atoms with E-state index < -0.39 is 0 Å². The number of nitrogens with zero attached hydrogens (tertiary/aromatic N) is 2. The lowest BCUT2D eigenvalue weighted by Crippen LogP contribution is -2.10. The van der Waals surface area contributed by atoms with Gasteiger partial charge in [0.15, 0.2) is 0 Å². The van der Waals surface area contributed by atoms with E-state index in [2.05, 4.69) is 15.3 Å². The van der Waals surface area contributed by atoms with E-state index in [9.17, 15) is 0 Å². The third kappa shape index (κ3) is 4.45. The molecule has 0 atom stereocenters. The lowest BCUT2D eigenvalue weighted by atomic mass is 10.3. The molecule has 1 N–H and O–H groups in total. The van der Waals surface area contributed by atoms with Gasteiger partial charge in [-0.1, -0.05) is 0 Å². The first-order valence-electron chi connectivity index (χ1n) is 4.64. The first kappa shape index (κ1) is 9.96. The zero-order valence-corrected chi connectivity index (χ0v) is 8.33. The third-order valence-corrected chi connectivity index (χ3v) is 1.93. The molecule has 0 heterocycles. The number of rotatable bonds is 5. The van der Waals surface area contributed by atoms with Gasteiger partial charge in [-0.3, -0.25) is 9.98 Å². The summed E-state index contributed by atoms with van der Waals surface area (Å²) in [5.41, 5.74) is 1.02. The average Bonchev–Trinajstić information content (AvgIpc) is 2.89. The maximum atomic E-state index is 3.94. The normalized spacial score (nSPS) is 16.8. The van der Waals surface area contributed by atoms with Crippen molar-refractivity contribution < 1.29 is 0 Å². The monoisotopic (exact) mass is 179 g/mol. The van der Waals surface area contributed by atoms with Crippen molar-refractivity contribution in [3.63, 3.8) is 0 Å². The predicted octanol–water partition coefficient (Wildman–Crippen LogP) is 1.27. The first-order chi connectivity index (χ1) is 6.36. The molecule has 3 nitrogen and oxygen atoms in total. The van der Waals surface area contributed by atoms with Crippen LogP contribution in [0.3, 0.4) is 0 Å². The van der Waals surface area contributed by atoms with E-state index in [0.717, 1.165) is 18.0 Å². The SMILES string of the molecule is CN=CC(C=NC)=CNCC1CC1. The molecule has 0 aliphatic heterocycles. The Balaban J connectivity index is 2.31. The summed E-state index contributed by atoms with van der Waals surface area (Å²) in [7, 11) is 3.52. The quantitative estimate of drug-likeness (QED) is 0.634. The van der Waals surface area contributed by atoms with Crippen molar-refractivity contribution >= 4 is 12.4 Å². The van der Waals surface area contributed by atoms with Gasteiger partial charge in [-0.05, 0) is 18.8 Å². The summed E-state index contributed by atoms with van der Waals surface area (Å²) < 4.78 is 0. The molecule has 0 aromatic heterocycles. The molecule has 1 rings (SSSR count). The Bertz CT molecular complexity index is 210. The molecule has 0 amide bonds. The van der Waals surface area contributed by atoms with Gasteiger partial charge >= 0.3 is 0 Å². The maximum Gasteiger partial charge on any atom is 0.0311 e. The molecule has 1 saturated carbocycles. The minimum absolute atomic E-state index is 0.898. The molecule has 13 heavy (non-hydrogen) atoms. The average molecular weight is 179 g/mol. The Morgan fingerprint density at radius 1 is 1.31 bits per heavy atom. The van der Waals surface area contributed by atoms with E-state index in [1.165, 1.54) is 12.8 Å². The highest BCUT2D eigenvalue weighted by Gasteiger charge is 2.19. The van der Waals surface area contributed by atoms with E-state index in [4.69, 9.17) is 0 Å². The van der Waals surface area contributed by atoms with Crippen LogP contribution in [-0.2, 0) is 0 Å². The van der Waals surface area contributed by atoms with Gasteiger partial charge in [-0.15, -0.1) is 0 Å². The largest absolute Gasteiger partial charge is 0.390 e. The van der Waals surface area contributed by atoms with Gasteiger partial charge in [-0.25, -0.2) is 0 Å². The highest BCUT2D eigenvalue weighted by atomic mass is 14.8. The molecule has 0 spiro atoms. The summed E-state index contributed by atoms with van der Waals surface area (Å²) in [6.45, 7) is 1.08. The summed E-state index contributed by atoms with van der Waals surface area (Å²) >= 11 is 0. The molecule has 72 valence electrons. The highest BCUT2D eigenvalue weighted by molar-refractivity contribution is 6.03. The summed E-state index contributed by atoms with van der Waals surface area (Å²) in [4.78, 5) is 7.89. The van der Waals surface area contributed by atoms with Crippen molar-refractivity contribution in [1.82, 2.24) is 5.32 Å². The number of hydrogen-bond donors (Lipinski definition) is 1. The van der Waals surface area contributed by atoms with Crippen LogP contribution in [0.1, 0.15) is 12.8 Å². The second-order valence-electron chi connectivity index (χ2n) is 3.27. The molecule has 0 bridgehead atoms. The molecular formula is C10H17N3. The fraction of sp³-hybridized carbons (Fsp3) is 0.600. The second kappa shape index (κ2) is 5.51. The van der Waals surface area contributed by atoms with Crippen molar-refractivity contribution in [3.8, 4) is 0 Å². The summed E-state index contributed by atoms with van der Waals surface area (Å²) in [5.74, 6) is 0.898. The van der Waals surface area contributed by atoms with Crippen LogP contribution in [0.5, 0.6) is 0 Å². The smallest absolute Gasteiger partial charge is 0.0311 e. The van der Waals surface area contributed by atoms with Gasteiger partial charge in [0.25, 0.3) is 0 Å². The van der Waals surface area contributed by atoms with E-state index in [1.54, 1.807) is 26.5 Å². The van der Waals surface area contributed by atoms with Crippen LogP contribution in [0.4, 0.5) is 0 Å². The number of nitrogens with one attached hydrogen (secondary N) is 1. The van der Waals surface area contributed by atoms with Gasteiger partial charge in [0.2, 0.25) is 0 Å². The van der Waals surface area contributed by atoms with Crippen molar-refractivity contribution in [3.05, 3.63) is 11.8 Å². The van der Waals surface area contributed by atoms with Crippen LogP contribution in [-0.4, -0.2) is 33.1 Å². The number of hydrogen-bond acceptors (Lipinski definition) is 3. The minimum atomic E-state index is 0.898. The van der Waals surface area contributed by atoms with Crippen LogP contribution in [0.25, 0.3) is 0 Å². The van der Waals surface area contributed by atoms with Crippen molar-refractivity contribution in [1.29, 1.82) is 0 Å². The van der Waals surface area contributed by atoms with Crippen LogP contribution in [0, 0.1) is 5.92 Å². The zero-order valence-electron chi connectivity index (χ0n) is 8.33. The molecule has 3 heteroatoms. The van der Waals surface area contributed by atoms with Crippen molar-refractivity contribution in [2.45, 2.75) is 12.8 Å². The number of aliphatic imine (C=N–C) groups is 2. The lowest BCUT2D eigenvalue weighted by Gasteiger charge is -1.98. The molecule has 0 unspecified atom stereocenters. The Kier molecular flexibility index (Phi) is 4.23. The molecule has 1 aliphatic carbocycles. The molecule has 1 aliphatic rings. The Morgan fingerprint density at radius 3 is 2.38 bits per heavy atom.